The monoisotopic (exact) mass is 301 g/mol. The molecule has 1 fully saturated rings. The Morgan fingerprint density at radius 1 is 1.41 bits per heavy atom. The third-order valence-corrected chi connectivity index (χ3v) is 3.02. The Morgan fingerprint density at radius 2 is 2.12 bits per heavy atom. The number of hydrogen-bond acceptors (Lipinski definition) is 4. The van der Waals surface area contributed by atoms with E-state index < -0.39 is 0 Å². The molecule has 94 valence electrons. The van der Waals surface area contributed by atoms with Crippen molar-refractivity contribution in [2.45, 2.75) is 20.1 Å². The van der Waals surface area contributed by atoms with E-state index in [1.54, 1.807) is 6.20 Å². The van der Waals surface area contributed by atoms with Crippen LogP contribution in [0.3, 0.4) is 0 Å². The van der Waals surface area contributed by atoms with Crippen molar-refractivity contribution in [1.29, 1.82) is 0 Å². The lowest BCUT2D eigenvalue weighted by Crippen LogP contribution is -2.36. The molecular weight excluding hydrogens is 286 g/mol. The van der Waals surface area contributed by atoms with Crippen molar-refractivity contribution in [3.8, 4) is 5.88 Å². The van der Waals surface area contributed by atoms with Crippen LogP contribution in [0, 0.1) is 5.41 Å². The maximum Gasteiger partial charge on any atom is 0.213 e. The van der Waals surface area contributed by atoms with Gasteiger partial charge in [-0.2, -0.15) is 0 Å². The number of nitrogens with zero attached hydrogens (tertiary/aromatic N) is 1. The first-order valence-electron chi connectivity index (χ1n) is 5.55. The van der Waals surface area contributed by atoms with Crippen molar-refractivity contribution in [2.24, 2.45) is 5.41 Å². The topological polar surface area (TPSA) is 40.6 Å². The summed E-state index contributed by atoms with van der Waals surface area (Å²) in [5.41, 5.74) is -0.189. The molecule has 0 aliphatic carbocycles. The highest BCUT2D eigenvalue weighted by Gasteiger charge is 2.35. The van der Waals surface area contributed by atoms with E-state index in [2.05, 4.69) is 34.8 Å². The van der Waals surface area contributed by atoms with E-state index in [0.717, 1.165) is 4.47 Å². The summed E-state index contributed by atoms with van der Waals surface area (Å²) in [6.45, 7) is 5.94. The van der Waals surface area contributed by atoms with Gasteiger partial charge in [0.05, 0.1) is 19.8 Å². The first-order valence-corrected chi connectivity index (χ1v) is 6.35. The molecule has 1 aliphatic heterocycles. The van der Waals surface area contributed by atoms with E-state index in [0.29, 0.717) is 25.7 Å². The Labute approximate surface area is 109 Å². The van der Waals surface area contributed by atoms with Gasteiger partial charge in [0.25, 0.3) is 0 Å². The smallest absolute Gasteiger partial charge is 0.213 e. The molecule has 1 saturated heterocycles. The summed E-state index contributed by atoms with van der Waals surface area (Å²) in [5, 5.41) is 0. The average Bonchev–Trinajstić information content (AvgIpc) is 2.82. The molecule has 0 amide bonds. The Hall–Kier alpha value is -0.650. The molecule has 0 aromatic carbocycles. The molecule has 0 spiro atoms. The molecule has 0 bridgehead atoms. The lowest BCUT2D eigenvalue weighted by atomic mass is 9.94. The van der Waals surface area contributed by atoms with Gasteiger partial charge in [0.2, 0.25) is 5.88 Å². The van der Waals surface area contributed by atoms with Crippen LogP contribution in [-0.2, 0) is 9.47 Å². The van der Waals surface area contributed by atoms with E-state index in [-0.39, 0.29) is 11.7 Å². The van der Waals surface area contributed by atoms with Crippen molar-refractivity contribution in [1.82, 2.24) is 4.98 Å². The third-order valence-electron chi connectivity index (χ3n) is 2.55. The van der Waals surface area contributed by atoms with Crippen LogP contribution in [0.4, 0.5) is 0 Å². The second-order valence-corrected chi connectivity index (χ2v) is 5.58. The SMILES string of the molecule is CC(C)(COc1ccc(Br)cn1)C1OCCO1. The minimum atomic E-state index is -0.196. The zero-order valence-electron chi connectivity index (χ0n) is 9.98. The average molecular weight is 302 g/mol. The van der Waals surface area contributed by atoms with Crippen LogP contribution in [-0.4, -0.2) is 31.1 Å². The van der Waals surface area contributed by atoms with Gasteiger partial charge in [-0.25, -0.2) is 4.98 Å². The largest absolute Gasteiger partial charge is 0.477 e. The maximum absolute atomic E-state index is 5.65. The predicted octanol–water partition coefficient (Wildman–Crippen LogP) is 2.62. The molecule has 2 heterocycles. The van der Waals surface area contributed by atoms with Crippen molar-refractivity contribution in [3.05, 3.63) is 22.8 Å². The summed E-state index contributed by atoms with van der Waals surface area (Å²) in [6.07, 6.45) is 1.52. The van der Waals surface area contributed by atoms with Crippen molar-refractivity contribution in [3.63, 3.8) is 0 Å². The van der Waals surface area contributed by atoms with Gasteiger partial charge in [0, 0.05) is 22.2 Å². The number of hydrogen-bond donors (Lipinski definition) is 0. The second kappa shape index (κ2) is 5.33. The summed E-state index contributed by atoms with van der Waals surface area (Å²) in [7, 11) is 0. The Bertz CT molecular complexity index is 361. The van der Waals surface area contributed by atoms with Gasteiger partial charge in [-0.1, -0.05) is 13.8 Å². The van der Waals surface area contributed by atoms with Gasteiger partial charge < -0.3 is 14.2 Å². The molecular formula is C12H16BrNO3. The molecule has 17 heavy (non-hydrogen) atoms. The lowest BCUT2D eigenvalue weighted by molar-refractivity contribution is -0.131. The Morgan fingerprint density at radius 3 is 2.71 bits per heavy atom. The van der Waals surface area contributed by atoms with Gasteiger partial charge in [0.15, 0.2) is 6.29 Å². The minimum Gasteiger partial charge on any atom is -0.477 e. The summed E-state index contributed by atoms with van der Waals surface area (Å²) < 4.78 is 17.6. The van der Waals surface area contributed by atoms with E-state index in [1.807, 2.05) is 12.1 Å². The van der Waals surface area contributed by atoms with Crippen LogP contribution in [0.15, 0.2) is 22.8 Å². The molecule has 1 aliphatic rings. The molecule has 0 unspecified atom stereocenters. The van der Waals surface area contributed by atoms with Gasteiger partial charge in [-0.15, -0.1) is 0 Å². The van der Waals surface area contributed by atoms with E-state index >= 15 is 0 Å². The number of aromatic nitrogens is 1. The number of pyridine rings is 1. The molecule has 1 aromatic rings. The zero-order chi connectivity index (χ0) is 12.3. The summed E-state index contributed by atoms with van der Waals surface area (Å²) in [6, 6.07) is 3.73. The molecule has 0 N–H and O–H groups in total. The quantitative estimate of drug-likeness (QED) is 0.857. The minimum absolute atomic E-state index is 0.189. The fraction of sp³-hybridized carbons (Fsp3) is 0.583. The number of ether oxygens (including phenoxy) is 3. The van der Waals surface area contributed by atoms with E-state index in [1.165, 1.54) is 0 Å². The van der Waals surface area contributed by atoms with Crippen molar-refractivity contribution >= 4 is 15.9 Å². The molecule has 0 atom stereocenters. The highest BCUT2D eigenvalue weighted by Crippen LogP contribution is 2.28. The van der Waals surface area contributed by atoms with Crippen LogP contribution >= 0.6 is 15.9 Å². The van der Waals surface area contributed by atoms with Gasteiger partial charge in [0.1, 0.15) is 0 Å². The van der Waals surface area contributed by atoms with Gasteiger partial charge in [-0.3, -0.25) is 0 Å². The van der Waals surface area contributed by atoms with Crippen LogP contribution in [0.5, 0.6) is 5.88 Å². The first kappa shape index (κ1) is 12.8. The van der Waals surface area contributed by atoms with Gasteiger partial charge >= 0.3 is 0 Å². The van der Waals surface area contributed by atoms with Crippen molar-refractivity contribution < 1.29 is 14.2 Å². The number of rotatable bonds is 4. The fourth-order valence-electron chi connectivity index (χ4n) is 1.59. The molecule has 2 rings (SSSR count). The normalized spacial score (nSPS) is 17.4. The molecule has 4 nitrogen and oxygen atoms in total. The van der Waals surface area contributed by atoms with E-state index in [4.69, 9.17) is 14.2 Å². The number of halogens is 1. The standard InChI is InChI=1S/C12H16BrNO3/c1-12(2,11-15-5-6-16-11)8-17-10-4-3-9(13)7-14-10/h3-4,7,11H,5-6,8H2,1-2H3. The summed E-state index contributed by atoms with van der Waals surface area (Å²) in [5.74, 6) is 0.610. The summed E-state index contributed by atoms with van der Waals surface area (Å²) >= 11 is 3.33. The van der Waals surface area contributed by atoms with E-state index in [9.17, 15) is 0 Å². The highest BCUT2D eigenvalue weighted by atomic mass is 79.9. The maximum atomic E-state index is 5.65. The van der Waals surface area contributed by atoms with Gasteiger partial charge in [-0.05, 0) is 22.0 Å². The van der Waals surface area contributed by atoms with Crippen molar-refractivity contribution in [2.75, 3.05) is 19.8 Å². The van der Waals surface area contributed by atoms with Crippen LogP contribution in [0.25, 0.3) is 0 Å². The Kier molecular flexibility index (Phi) is 4.01. The molecule has 0 radical (unpaired) electrons. The summed E-state index contributed by atoms with van der Waals surface area (Å²) in [4.78, 5) is 4.16. The van der Waals surface area contributed by atoms with Crippen LogP contribution in [0.1, 0.15) is 13.8 Å². The predicted molar refractivity (Wildman–Crippen MR) is 66.9 cm³/mol. The highest BCUT2D eigenvalue weighted by molar-refractivity contribution is 9.10. The molecule has 0 saturated carbocycles. The van der Waals surface area contributed by atoms with Crippen LogP contribution in [0.2, 0.25) is 0 Å². The lowest BCUT2D eigenvalue weighted by Gasteiger charge is -2.29. The fourth-order valence-corrected chi connectivity index (χ4v) is 1.82. The Balaban J connectivity index is 1.90. The second-order valence-electron chi connectivity index (χ2n) is 4.67. The van der Waals surface area contributed by atoms with Crippen LogP contribution < -0.4 is 4.74 Å². The molecule has 5 heteroatoms. The zero-order valence-corrected chi connectivity index (χ0v) is 11.6. The first-order chi connectivity index (χ1) is 8.08. The third kappa shape index (κ3) is 3.40. The molecule has 1 aromatic heterocycles.